The molecule has 0 bridgehead atoms. The molecule has 6 rings (SSSR count). The Labute approximate surface area is 229 Å². The monoisotopic (exact) mass is 559 g/mol. The van der Waals surface area contributed by atoms with Crippen molar-refractivity contribution in [2.24, 2.45) is 5.10 Å². The summed E-state index contributed by atoms with van der Waals surface area (Å²) in [7, 11) is -3.47. The Bertz CT molecular complexity index is 1770. The molecule has 0 saturated carbocycles. The molecule has 1 aliphatic rings. The van der Waals surface area contributed by atoms with Gasteiger partial charge in [0.25, 0.3) is 0 Å². The minimum absolute atomic E-state index is 0.148. The molecular weight excluding hydrogens is 538 g/mol. The third-order valence-corrected chi connectivity index (χ3v) is 8.01. The topological polar surface area (TPSA) is 87.5 Å². The molecule has 3 heterocycles. The van der Waals surface area contributed by atoms with Crippen molar-refractivity contribution in [2.75, 3.05) is 16.0 Å². The number of hydrogen-bond acceptors (Lipinski definition) is 7. The third kappa shape index (κ3) is 4.88. The van der Waals surface area contributed by atoms with Gasteiger partial charge in [0.2, 0.25) is 16.0 Å². The summed E-state index contributed by atoms with van der Waals surface area (Å²) in [6, 6.07) is 26.7. The zero-order chi connectivity index (χ0) is 26.3. The lowest BCUT2D eigenvalue weighted by Crippen LogP contribution is -2.20. The lowest BCUT2D eigenvalue weighted by atomic mass is 10.0. The maximum atomic E-state index is 12.0. The fourth-order valence-electron chi connectivity index (χ4n) is 4.59. The third-order valence-electron chi connectivity index (χ3n) is 6.21. The number of sulfonamides is 1. The van der Waals surface area contributed by atoms with E-state index in [4.69, 9.17) is 26.7 Å². The maximum absolute atomic E-state index is 12.0. The second-order valence-electron chi connectivity index (χ2n) is 8.95. The van der Waals surface area contributed by atoms with E-state index in [1.807, 2.05) is 77.1 Å². The van der Waals surface area contributed by atoms with Crippen molar-refractivity contribution in [3.8, 4) is 11.3 Å². The minimum Gasteiger partial charge on any atom is -0.283 e. The van der Waals surface area contributed by atoms with Crippen LogP contribution in [0.15, 0.2) is 95.4 Å². The van der Waals surface area contributed by atoms with E-state index < -0.39 is 10.0 Å². The summed E-state index contributed by atoms with van der Waals surface area (Å²) in [5, 5.41) is 10.3. The second-order valence-corrected chi connectivity index (χ2v) is 12.1. The highest BCUT2D eigenvalue weighted by Crippen LogP contribution is 2.40. The average molecular weight is 560 g/mol. The van der Waals surface area contributed by atoms with Gasteiger partial charge in [-0.3, -0.25) is 4.72 Å². The van der Waals surface area contributed by atoms with Gasteiger partial charge in [-0.1, -0.05) is 66.2 Å². The Balaban J connectivity index is 1.53. The molecule has 38 heavy (non-hydrogen) atoms. The standard InChI is InChI=1S/C28H22ClN5O2S2/c1-38(35,36)33-23-11-6-5-10-20(23)24-17-25(26-12-7-15-37-26)34(32-24)28-30-22-14-13-19(29)16-21(22)27(31-28)18-8-3-2-4-9-18/h2-16,25,33H,17H2,1H3. The molecular formula is C28H22ClN5O2S2. The van der Waals surface area contributed by atoms with Crippen LogP contribution in [0.1, 0.15) is 22.9 Å². The normalized spacial score (nSPS) is 15.6. The van der Waals surface area contributed by atoms with Gasteiger partial charge in [-0.25, -0.2) is 23.4 Å². The number of halogens is 1. The van der Waals surface area contributed by atoms with E-state index in [1.165, 1.54) is 0 Å². The summed E-state index contributed by atoms with van der Waals surface area (Å²) in [5.74, 6) is 0.459. The summed E-state index contributed by atoms with van der Waals surface area (Å²) < 4.78 is 26.7. The van der Waals surface area contributed by atoms with Crippen molar-refractivity contribution < 1.29 is 8.42 Å². The van der Waals surface area contributed by atoms with E-state index in [0.717, 1.165) is 44.6 Å². The predicted molar refractivity (Wildman–Crippen MR) is 156 cm³/mol. The summed E-state index contributed by atoms with van der Waals surface area (Å²) >= 11 is 7.98. The van der Waals surface area contributed by atoms with Gasteiger partial charge >= 0.3 is 0 Å². The first kappa shape index (κ1) is 24.5. The number of para-hydroxylation sites is 1. The van der Waals surface area contributed by atoms with Crippen LogP contribution in [0.3, 0.4) is 0 Å². The van der Waals surface area contributed by atoms with Crippen molar-refractivity contribution in [3.05, 3.63) is 106 Å². The lowest BCUT2D eigenvalue weighted by Gasteiger charge is -2.21. The van der Waals surface area contributed by atoms with Crippen molar-refractivity contribution in [1.82, 2.24) is 9.97 Å². The number of nitrogens with zero attached hydrogens (tertiary/aromatic N) is 4. The molecule has 0 aliphatic carbocycles. The molecule has 0 spiro atoms. The number of fused-ring (bicyclic) bond motifs is 1. The Morgan fingerprint density at radius 1 is 0.974 bits per heavy atom. The lowest BCUT2D eigenvalue weighted by molar-refractivity contribution is 0.607. The minimum atomic E-state index is -3.47. The van der Waals surface area contributed by atoms with Gasteiger partial charge in [-0.2, -0.15) is 5.10 Å². The number of rotatable bonds is 6. The molecule has 190 valence electrons. The van der Waals surface area contributed by atoms with Crippen molar-refractivity contribution in [1.29, 1.82) is 0 Å². The quantitative estimate of drug-likeness (QED) is 0.249. The highest BCUT2D eigenvalue weighted by molar-refractivity contribution is 7.92. The molecule has 0 fully saturated rings. The molecule has 0 radical (unpaired) electrons. The molecule has 1 N–H and O–H groups in total. The zero-order valence-corrected chi connectivity index (χ0v) is 22.6. The first-order chi connectivity index (χ1) is 18.4. The molecule has 0 saturated heterocycles. The number of benzene rings is 3. The summed E-state index contributed by atoms with van der Waals surface area (Å²) in [5.41, 5.74) is 4.42. The second kappa shape index (κ2) is 9.83. The first-order valence-electron chi connectivity index (χ1n) is 11.9. The van der Waals surface area contributed by atoms with Gasteiger partial charge in [0.15, 0.2) is 0 Å². The molecule has 7 nitrogen and oxygen atoms in total. The smallest absolute Gasteiger partial charge is 0.247 e. The van der Waals surface area contributed by atoms with E-state index in [-0.39, 0.29) is 6.04 Å². The molecule has 3 aromatic carbocycles. The van der Waals surface area contributed by atoms with Crippen LogP contribution in [0.25, 0.3) is 22.2 Å². The molecule has 0 amide bonds. The molecule has 5 aromatic rings. The van der Waals surface area contributed by atoms with Gasteiger partial charge in [0, 0.05) is 32.8 Å². The number of aromatic nitrogens is 2. The van der Waals surface area contributed by atoms with Crippen LogP contribution < -0.4 is 9.73 Å². The van der Waals surface area contributed by atoms with Crippen LogP contribution in [0, 0.1) is 0 Å². The molecule has 2 aromatic heterocycles. The van der Waals surface area contributed by atoms with Crippen molar-refractivity contribution in [3.63, 3.8) is 0 Å². The number of thiophene rings is 1. The van der Waals surface area contributed by atoms with Gasteiger partial charge < -0.3 is 0 Å². The summed E-state index contributed by atoms with van der Waals surface area (Å²) in [6.45, 7) is 0. The molecule has 1 atom stereocenters. The Morgan fingerprint density at radius 3 is 2.53 bits per heavy atom. The molecule has 1 aliphatic heterocycles. The zero-order valence-electron chi connectivity index (χ0n) is 20.2. The van der Waals surface area contributed by atoms with Crippen LogP contribution in [0.2, 0.25) is 5.02 Å². The van der Waals surface area contributed by atoms with Gasteiger partial charge in [-0.05, 0) is 35.7 Å². The molecule has 1 unspecified atom stereocenters. The van der Waals surface area contributed by atoms with Crippen LogP contribution in [-0.2, 0) is 10.0 Å². The number of hydrazone groups is 1. The van der Waals surface area contributed by atoms with Gasteiger partial charge in [-0.15, -0.1) is 11.3 Å². The number of nitrogens with one attached hydrogen (secondary N) is 1. The number of hydrogen-bond donors (Lipinski definition) is 1. The Morgan fingerprint density at radius 2 is 1.76 bits per heavy atom. The van der Waals surface area contributed by atoms with Crippen molar-refractivity contribution in [2.45, 2.75) is 12.5 Å². The predicted octanol–water partition coefficient (Wildman–Crippen LogP) is 6.74. The largest absolute Gasteiger partial charge is 0.283 e. The Kier molecular flexibility index (Phi) is 6.35. The van der Waals surface area contributed by atoms with E-state index in [9.17, 15) is 8.42 Å². The van der Waals surface area contributed by atoms with E-state index in [2.05, 4.69) is 10.8 Å². The van der Waals surface area contributed by atoms with E-state index in [1.54, 1.807) is 23.5 Å². The molecule has 10 heteroatoms. The van der Waals surface area contributed by atoms with E-state index >= 15 is 0 Å². The van der Waals surface area contributed by atoms with Gasteiger partial charge in [0.1, 0.15) is 0 Å². The maximum Gasteiger partial charge on any atom is 0.247 e. The highest BCUT2D eigenvalue weighted by atomic mass is 35.5. The van der Waals surface area contributed by atoms with Crippen LogP contribution in [-0.4, -0.2) is 30.4 Å². The number of anilines is 2. The summed E-state index contributed by atoms with van der Waals surface area (Å²) in [4.78, 5) is 11.0. The Hall–Kier alpha value is -3.79. The summed E-state index contributed by atoms with van der Waals surface area (Å²) in [6.07, 6.45) is 1.70. The van der Waals surface area contributed by atoms with Crippen LogP contribution in [0.4, 0.5) is 11.6 Å². The van der Waals surface area contributed by atoms with Gasteiger partial charge in [0.05, 0.1) is 34.9 Å². The first-order valence-corrected chi connectivity index (χ1v) is 15.0. The van der Waals surface area contributed by atoms with Crippen LogP contribution >= 0.6 is 22.9 Å². The fourth-order valence-corrected chi connectivity index (χ4v) is 6.15. The van der Waals surface area contributed by atoms with Crippen LogP contribution in [0.5, 0.6) is 0 Å². The SMILES string of the molecule is CS(=O)(=O)Nc1ccccc1C1=NN(c2nc(-c3ccccc3)c3cc(Cl)ccc3n2)C(c2cccs2)C1. The average Bonchev–Trinajstić information content (AvgIpc) is 3.58. The fraction of sp³-hybridized carbons (Fsp3) is 0.107. The van der Waals surface area contributed by atoms with Crippen molar-refractivity contribution >= 4 is 61.2 Å². The van der Waals surface area contributed by atoms with E-state index in [0.29, 0.717) is 23.1 Å². The highest BCUT2D eigenvalue weighted by Gasteiger charge is 2.34.